The van der Waals surface area contributed by atoms with Crippen LogP contribution in [-0.2, 0) is 0 Å². The lowest BCUT2D eigenvalue weighted by atomic mass is 9.88. The van der Waals surface area contributed by atoms with Crippen molar-refractivity contribution in [2.75, 3.05) is 18.5 Å². The van der Waals surface area contributed by atoms with Crippen molar-refractivity contribution < 1.29 is 5.11 Å². The maximum Gasteiger partial charge on any atom is 0.138 e. The Hall–Kier alpha value is -1.88. The van der Waals surface area contributed by atoms with Crippen molar-refractivity contribution >= 4 is 5.69 Å². The largest absolute Gasteiger partial charge is 0.396 e. The molecule has 0 aliphatic carbocycles. The predicted molar refractivity (Wildman–Crippen MR) is 75.3 cm³/mol. The highest BCUT2D eigenvalue weighted by Crippen LogP contribution is 2.21. The first-order valence-corrected chi connectivity index (χ1v) is 6.47. The molecule has 102 valence electrons. The molecule has 19 heavy (non-hydrogen) atoms. The molecule has 0 amide bonds. The van der Waals surface area contributed by atoms with E-state index in [-0.39, 0.29) is 12.0 Å². The predicted octanol–water partition coefficient (Wildman–Crippen LogP) is 2.09. The molecule has 5 nitrogen and oxygen atoms in total. The molecule has 5 heteroatoms. The number of nitrogens with zero attached hydrogens (tertiary/aromatic N) is 3. The van der Waals surface area contributed by atoms with E-state index in [9.17, 15) is 5.11 Å². The monoisotopic (exact) mass is 260 g/mol. The summed E-state index contributed by atoms with van der Waals surface area (Å²) in [5.74, 6) is 0. The summed E-state index contributed by atoms with van der Waals surface area (Å²) in [4.78, 5) is 3.92. The first kappa shape index (κ1) is 13.5. The highest BCUT2D eigenvalue weighted by Gasteiger charge is 2.20. The molecule has 1 unspecified atom stereocenters. The van der Waals surface area contributed by atoms with Crippen molar-refractivity contribution in [3.8, 4) is 5.69 Å². The lowest BCUT2D eigenvalue weighted by Gasteiger charge is -2.26. The summed E-state index contributed by atoms with van der Waals surface area (Å²) >= 11 is 0. The molecule has 1 heterocycles. The molecule has 1 aromatic carbocycles. The second-order valence-corrected chi connectivity index (χ2v) is 5.06. The number of aliphatic hydroxyl groups excluding tert-OH is 1. The summed E-state index contributed by atoms with van der Waals surface area (Å²) in [7, 11) is 0. The van der Waals surface area contributed by atoms with Crippen LogP contribution in [0.15, 0.2) is 36.9 Å². The maximum atomic E-state index is 9.37. The van der Waals surface area contributed by atoms with E-state index in [4.69, 9.17) is 0 Å². The van der Waals surface area contributed by atoms with Gasteiger partial charge in [0.05, 0.1) is 12.3 Å². The highest BCUT2D eigenvalue weighted by molar-refractivity contribution is 5.48. The summed E-state index contributed by atoms with van der Waals surface area (Å²) < 4.78 is 1.72. The first-order chi connectivity index (χ1) is 9.17. The van der Waals surface area contributed by atoms with Crippen LogP contribution in [0.2, 0.25) is 0 Å². The molecule has 0 saturated heterocycles. The van der Waals surface area contributed by atoms with Crippen LogP contribution in [0.1, 0.15) is 20.3 Å². The molecule has 0 aliphatic heterocycles. The van der Waals surface area contributed by atoms with Crippen molar-refractivity contribution in [3.05, 3.63) is 36.9 Å². The van der Waals surface area contributed by atoms with E-state index in [0.717, 1.165) is 24.3 Å². The van der Waals surface area contributed by atoms with Gasteiger partial charge in [0.15, 0.2) is 0 Å². The summed E-state index contributed by atoms with van der Waals surface area (Å²) in [5.41, 5.74) is 1.94. The molecular formula is C14H20N4O. The van der Waals surface area contributed by atoms with Gasteiger partial charge in [-0.3, -0.25) is 0 Å². The van der Waals surface area contributed by atoms with Gasteiger partial charge in [-0.1, -0.05) is 13.8 Å². The Kier molecular flexibility index (Phi) is 4.16. The molecule has 0 saturated carbocycles. The third kappa shape index (κ3) is 3.32. The van der Waals surface area contributed by atoms with Crippen LogP contribution in [0.25, 0.3) is 5.69 Å². The van der Waals surface area contributed by atoms with E-state index in [1.807, 2.05) is 24.3 Å². The van der Waals surface area contributed by atoms with Gasteiger partial charge in [0, 0.05) is 17.6 Å². The number of rotatable bonds is 6. The average Bonchev–Trinajstić information content (AvgIpc) is 2.99. The normalized spacial score (nSPS) is 14.1. The van der Waals surface area contributed by atoms with E-state index < -0.39 is 0 Å². The number of hydrogen-bond donors (Lipinski definition) is 2. The van der Waals surface area contributed by atoms with Crippen molar-refractivity contribution in [2.24, 2.45) is 5.41 Å². The lowest BCUT2D eigenvalue weighted by molar-refractivity contribution is 0.149. The van der Waals surface area contributed by atoms with Crippen LogP contribution < -0.4 is 5.32 Å². The Balaban J connectivity index is 2.00. The Bertz CT molecular complexity index is 489. The number of aromatic nitrogens is 3. The minimum Gasteiger partial charge on any atom is -0.396 e. The fourth-order valence-corrected chi connectivity index (χ4v) is 1.68. The van der Waals surface area contributed by atoms with Gasteiger partial charge in [-0.15, -0.1) is 0 Å². The van der Waals surface area contributed by atoms with Gasteiger partial charge in [0.1, 0.15) is 12.7 Å². The zero-order chi connectivity index (χ0) is 13.7. The standard InChI is InChI=1S/C14H20N4O/c1-3-14(2,9-19)8-16-12-4-6-13(7-5-12)18-11-15-10-17-18/h4-7,10-11,16,19H,3,8-9H2,1-2H3. The Morgan fingerprint density at radius 3 is 2.58 bits per heavy atom. The molecule has 2 N–H and O–H groups in total. The van der Waals surface area contributed by atoms with Crippen molar-refractivity contribution in [1.29, 1.82) is 0 Å². The lowest BCUT2D eigenvalue weighted by Crippen LogP contribution is -2.29. The summed E-state index contributed by atoms with van der Waals surface area (Å²) in [6.45, 7) is 5.10. The topological polar surface area (TPSA) is 63.0 Å². The Morgan fingerprint density at radius 1 is 1.32 bits per heavy atom. The van der Waals surface area contributed by atoms with E-state index in [1.165, 1.54) is 6.33 Å². The van der Waals surface area contributed by atoms with Gasteiger partial charge >= 0.3 is 0 Å². The third-order valence-electron chi connectivity index (χ3n) is 3.51. The van der Waals surface area contributed by atoms with E-state index in [2.05, 4.69) is 29.2 Å². The van der Waals surface area contributed by atoms with Crippen molar-refractivity contribution in [3.63, 3.8) is 0 Å². The summed E-state index contributed by atoms with van der Waals surface area (Å²) in [6.07, 6.45) is 4.12. The molecule has 0 spiro atoms. The van der Waals surface area contributed by atoms with Crippen LogP contribution >= 0.6 is 0 Å². The quantitative estimate of drug-likeness (QED) is 0.834. The van der Waals surface area contributed by atoms with Crippen molar-refractivity contribution in [2.45, 2.75) is 20.3 Å². The minimum atomic E-state index is -0.0788. The van der Waals surface area contributed by atoms with E-state index in [1.54, 1.807) is 11.0 Å². The molecule has 1 atom stereocenters. The van der Waals surface area contributed by atoms with Gasteiger partial charge in [-0.25, -0.2) is 9.67 Å². The van der Waals surface area contributed by atoms with Gasteiger partial charge in [0.2, 0.25) is 0 Å². The Labute approximate surface area is 113 Å². The van der Waals surface area contributed by atoms with Crippen molar-refractivity contribution in [1.82, 2.24) is 14.8 Å². The van der Waals surface area contributed by atoms with Gasteiger partial charge in [-0.05, 0) is 30.7 Å². The third-order valence-corrected chi connectivity index (χ3v) is 3.51. The van der Waals surface area contributed by atoms with E-state index >= 15 is 0 Å². The minimum absolute atomic E-state index is 0.0788. The number of nitrogens with one attached hydrogen (secondary N) is 1. The van der Waals surface area contributed by atoms with Crippen LogP contribution in [0.4, 0.5) is 5.69 Å². The summed E-state index contributed by atoms with van der Waals surface area (Å²) in [6, 6.07) is 7.98. The molecule has 0 radical (unpaired) electrons. The van der Waals surface area contributed by atoms with E-state index in [0.29, 0.717) is 0 Å². The number of benzene rings is 1. The summed E-state index contributed by atoms with van der Waals surface area (Å²) in [5, 5.41) is 16.8. The molecule has 2 rings (SSSR count). The molecule has 0 bridgehead atoms. The average molecular weight is 260 g/mol. The smallest absolute Gasteiger partial charge is 0.138 e. The first-order valence-electron chi connectivity index (χ1n) is 6.47. The van der Waals surface area contributed by atoms with Gasteiger partial charge in [-0.2, -0.15) is 5.10 Å². The second-order valence-electron chi connectivity index (χ2n) is 5.06. The number of hydrogen-bond acceptors (Lipinski definition) is 4. The van der Waals surface area contributed by atoms with Gasteiger partial charge < -0.3 is 10.4 Å². The number of anilines is 1. The SMILES string of the molecule is CCC(C)(CO)CNc1ccc(-n2cncn2)cc1. The fraction of sp³-hybridized carbons (Fsp3) is 0.429. The highest BCUT2D eigenvalue weighted by atomic mass is 16.3. The van der Waals surface area contributed by atoms with Crippen LogP contribution in [0.5, 0.6) is 0 Å². The molecule has 2 aromatic rings. The zero-order valence-electron chi connectivity index (χ0n) is 11.4. The Morgan fingerprint density at radius 2 is 2.05 bits per heavy atom. The number of aliphatic hydroxyl groups is 1. The van der Waals surface area contributed by atoms with Crippen LogP contribution in [-0.4, -0.2) is 33.0 Å². The van der Waals surface area contributed by atoms with Crippen LogP contribution in [0, 0.1) is 5.41 Å². The molecule has 1 aromatic heterocycles. The fourth-order valence-electron chi connectivity index (χ4n) is 1.68. The second kappa shape index (κ2) is 5.84. The molecular weight excluding hydrogens is 240 g/mol. The zero-order valence-corrected chi connectivity index (χ0v) is 11.4. The maximum absolute atomic E-state index is 9.37. The van der Waals surface area contributed by atoms with Crippen LogP contribution in [0.3, 0.4) is 0 Å². The van der Waals surface area contributed by atoms with Gasteiger partial charge in [0.25, 0.3) is 0 Å². The molecule has 0 fully saturated rings. The molecule has 0 aliphatic rings.